The highest BCUT2D eigenvalue weighted by Gasteiger charge is 2.18. The molecular formula is C15H15ClN6O2S. The van der Waals surface area contributed by atoms with E-state index in [2.05, 4.69) is 25.6 Å². The van der Waals surface area contributed by atoms with Crippen LogP contribution in [0.4, 0.5) is 0 Å². The smallest absolute Gasteiger partial charge is 0.277 e. The quantitative estimate of drug-likeness (QED) is 0.629. The second-order valence-electron chi connectivity index (χ2n) is 5.16. The first-order valence-corrected chi connectivity index (χ1v) is 8.69. The molecule has 2 heterocycles. The van der Waals surface area contributed by atoms with Crippen molar-refractivity contribution >= 4 is 29.3 Å². The minimum atomic E-state index is -0.369. The van der Waals surface area contributed by atoms with Crippen LogP contribution in [0.25, 0.3) is 0 Å². The maximum atomic E-state index is 12.2. The first-order chi connectivity index (χ1) is 12.1. The van der Waals surface area contributed by atoms with Crippen LogP contribution in [-0.2, 0) is 17.9 Å². The average Bonchev–Trinajstić information content (AvgIpc) is 3.26. The Morgan fingerprint density at radius 3 is 2.88 bits per heavy atom. The summed E-state index contributed by atoms with van der Waals surface area (Å²) in [5.74, 6) is 0.290. The van der Waals surface area contributed by atoms with E-state index >= 15 is 0 Å². The number of halogens is 1. The lowest BCUT2D eigenvalue weighted by atomic mass is 10.2. The van der Waals surface area contributed by atoms with E-state index in [9.17, 15) is 4.79 Å². The van der Waals surface area contributed by atoms with Crippen molar-refractivity contribution in [2.45, 2.75) is 30.5 Å². The van der Waals surface area contributed by atoms with Crippen molar-refractivity contribution in [3.63, 3.8) is 0 Å². The van der Waals surface area contributed by atoms with Gasteiger partial charge in [-0.25, -0.2) is 9.67 Å². The van der Waals surface area contributed by atoms with E-state index in [1.807, 2.05) is 12.1 Å². The van der Waals surface area contributed by atoms with Gasteiger partial charge in [-0.1, -0.05) is 35.5 Å². The van der Waals surface area contributed by atoms with Crippen molar-refractivity contribution in [3.05, 3.63) is 53.4 Å². The van der Waals surface area contributed by atoms with E-state index in [1.165, 1.54) is 18.1 Å². The van der Waals surface area contributed by atoms with Crippen molar-refractivity contribution in [2.24, 2.45) is 0 Å². The summed E-state index contributed by atoms with van der Waals surface area (Å²) in [7, 11) is 0. The van der Waals surface area contributed by atoms with Crippen LogP contribution in [0.2, 0.25) is 5.02 Å². The van der Waals surface area contributed by atoms with Gasteiger partial charge in [-0.2, -0.15) is 5.10 Å². The fourth-order valence-corrected chi connectivity index (χ4v) is 2.79. The molecule has 2 aromatic heterocycles. The lowest BCUT2D eigenvalue weighted by Gasteiger charge is -2.10. The van der Waals surface area contributed by atoms with E-state index < -0.39 is 0 Å². The maximum absolute atomic E-state index is 12.2. The summed E-state index contributed by atoms with van der Waals surface area (Å²) in [6, 6.07) is 7.32. The van der Waals surface area contributed by atoms with Gasteiger partial charge in [0, 0.05) is 11.6 Å². The van der Waals surface area contributed by atoms with Gasteiger partial charge in [0.25, 0.3) is 5.22 Å². The van der Waals surface area contributed by atoms with Crippen LogP contribution in [-0.4, -0.2) is 36.1 Å². The van der Waals surface area contributed by atoms with Gasteiger partial charge in [0.05, 0.1) is 5.25 Å². The van der Waals surface area contributed by atoms with Gasteiger partial charge in [0.2, 0.25) is 11.8 Å². The molecule has 0 aliphatic heterocycles. The Morgan fingerprint density at radius 2 is 2.16 bits per heavy atom. The molecule has 1 atom stereocenters. The number of rotatable bonds is 7. The molecule has 0 saturated heterocycles. The van der Waals surface area contributed by atoms with Gasteiger partial charge in [-0.15, -0.1) is 10.2 Å². The van der Waals surface area contributed by atoms with Gasteiger partial charge in [-0.05, 0) is 24.6 Å². The molecule has 10 heteroatoms. The Morgan fingerprint density at radius 1 is 1.36 bits per heavy atom. The van der Waals surface area contributed by atoms with E-state index in [1.54, 1.807) is 30.1 Å². The van der Waals surface area contributed by atoms with Crippen LogP contribution >= 0.6 is 23.4 Å². The number of amides is 1. The van der Waals surface area contributed by atoms with E-state index in [0.717, 1.165) is 5.56 Å². The molecule has 1 N–H and O–H groups in total. The molecule has 130 valence electrons. The Labute approximate surface area is 153 Å². The molecule has 0 spiro atoms. The van der Waals surface area contributed by atoms with Crippen LogP contribution in [0.1, 0.15) is 18.4 Å². The van der Waals surface area contributed by atoms with Crippen molar-refractivity contribution in [2.75, 3.05) is 0 Å². The zero-order valence-corrected chi connectivity index (χ0v) is 14.9. The van der Waals surface area contributed by atoms with Crippen molar-refractivity contribution in [1.29, 1.82) is 0 Å². The van der Waals surface area contributed by atoms with Crippen LogP contribution in [0.15, 0.2) is 46.6 Å². The van der Waals surface area contributed by atoms with E-state index in [4.69, 9.17) is 16.0 Å². The minimum absolute atomic E-state index is 0.115. The molecule has 0 aliphatic carbocycles. The number of aromatic nitrogens is 5. The first kappa shape index (κ1) is 17.4. The number of nitrogens with one attached hydrogen (secondary N) is 1. The molecule has 1 amide bonds. The SMILES string of the molecule is CC(Sc1nnc(Cn2cncn2)o1)C(=O)NCc1ccc(Cl)cc1. The van der Waals surface area contributed by atoms with E-state index in [-0.39, 0.29) is 11.2 Å². The molecular weight excluding hydrogens is 364 g/mol. The Balaban J connectivity index is 1.49. The number of carbonyl (C=O) groups is 1. The van der Waals surface area contributed by atoms with Crippen LogP contribution in [0.3, 0.4) is 0 Å². The van der Waals surface area contributed by atoms with E-state index in [0.29, 0.717) is 29.2 Å². The third-order valence-electron chi connectivity index (χ3n) is 3.24. The Bertz CT molecular complexity index is 821. The highest BCUT2D eigenvalue weighted by Crippen LogP contribution is 2.22. The number of benzene rings is 1. The minimum Gasteiger partial charge on any atom is -0.414 e. The summed E-state index contributed by atoms with van der Waals surface area (Å²) < 4.78 is 7.08. The summed E-state index contributed by atoms with van der Waals surface area (Å²) in [5.41, 5.74) is 0.975. The number of nitrogens with zero attached hydrogens (tertiary/aromatic N) is 5. The normalized spacial score (nSPS) is 12.1. The van der Waals surface area contributed by atoms with Gasteiger partial charge in [0.1, 0.15) is 19.2 Å². The highest BCUT2D eigenvalue weighted by molar-refractivity contribution is 8.00. The Hall–Kier alpha value is -2.39. The van der Waals surface area contributed by atoms with Gasteiger partial charge >= 0.3 is 0 Å². The third kappa shape index (κ3) is 5.04. The molecule has 25 heavy (non-hydrogen) atoms. The van der Waals surface area contributed by atoms with Crippen molar-refractivity contribution in [1.82, 2.24) is 30.3 Å². The Kier molecular flexibility index (Phi) is 5.67. The lowest BCUT2D eigenvalue weighted by Crippen LogP contribution is -2.30. The largest absolute Gasteiger partial charge is 0.414 e. The van der Waals surface area contributed by atoms with Crippen LogP contribution in [0, 0.1) is 0 Å². The number of carbonyl (C=O) groups excluding carboxylic acids is 1. The zero-order valence-electron chi connectivity index (χ0n) is 13.3. The predicted molar refractivity (Wildman–Crippen MR) is 92.0 cm³/mol. The van der Waals surface area contributed by atoms with Crippen molar-refractivity contribution in [3.8, 4) is 0 Å². The molecule has 0 bridgehead atoms. The van der Waals surface area contributed by atoms with Gasteiger partial charge in [-0.3, -0.25) is 4.79 Å². The number of hydrogen-bond donors (Lipinski definition) is 1. The standard InChI is InChI=1S/C15H15ClN6O2S/c1-10(14(23)18-6-11-2-4-12(16)5-3-11)25-15-21-20-13(24-15)7-22-9-17-8-19-22/h2-5,8-10H,6-7H2,1H3,(H,18,23). The second-order valence-corrected chi connectivity index (χ2v) is 6.89. The lowest BCUT2D eigenvalue weighted by molar-refractivity contribution is -0.120. The first-order valence-electron chi connectivity index (χ1n) is 7.44. The van der Waals surface area contributed by atoms with Gasteiger partial charge in [0.15, 0.2) is 0 Å². The summed E-state index contributed by atoms with van der Waals surface area (Å²) in [6.07, 6.45) is 2.99. The molecule has 8 nitrogen and oxygen atoms in total. The zero-order chi connectivity index (χ0) is 17.6. The number of thioether (sulfide) groups is 1. The molecule has 0 aliphatic rings. The summed E-state index contributed by atoms with van der Waals surface area (Å²) >= 11 is 7.04. The molecule has 0 fully saturated rings. The topological polar surface area (TPSA) is 98.7 Å². The molecule has 3 rings (SSSR count). The third-order valence-corrected chi connectivity index (χ3v) is 4.43. The van der Waals surface area contributed by atoms with Gasteiger partial charge < -0.3 is 9.73 Å². The fourth-order valence-electron chi connectivity index (χ4n) is 1.94. The molecule has 0 saturated carbocycles. The second kappa shape index (κ2) is 8.13. The summed E-state index contributed by atoms with van der Waals surface area (Å²) in [6.45, 7) is 2.55. The number of hydrogen-bond acceptors (Lipinski definition) is 7. The summed E-state index contributed by atoms with van der Waals surface area (Å²) in [4.78, 5) is 16.0. The fraction of sp³-hybridized carbons (Fsp3) is 0.267. The highest BCUT2D eigenvalue weighted by atomic mass is 35.5. The molecule has 3 aromatic rings. The molecule has 1 aromatic carbocycles. The summed E-state index contributed by atoms with van der Waals surface area (Å²) in [5, 5.41) is 15.3. The van der Waals surface area contributed by atoms with Crippen LogP contribution < -0.4 is 5.32 Å². The van der Waals surface area contributed by atoms with Crippen LogP contribution in [0.5, 0.6) is 0 Å². The average molecular weight is 379 g/mol. The molecule has 1 unspecified atom stereocenters. The van der Waals surface area contributed by atoms with Crippen molar-refractivity contribution < 1.29 is 9.21 Å². The maximum Gasteiger partial charge on any atom is 0.277 e. The molecule has 0 radical (unpaired) electrons. The monoisotopic (exact) mass is 378 g/mol. The predicted octanol–water partition coefficient (Wildman–Crippen LogP) is 2.16.